The van der Waals surface area contributed by atoms with E-state index in [0.29, 0.717) is 26.7 Å². The van der Waals surface area contributed by atoms with Gasteiger partial charge in [-0.2, -0.15) is 0 Å². The number of hydrogen-bond donors (Lipinski definition) is 0. The van der Waals surface area contributed by atoms with Crippen LogP contribution in [0.25, 0.3) is 22.1 Å². The molecule has 4 rings (SSSR count). The van der Waals surface area contributed by atoms with E-state index in [4.69, 9.17) is 9.47 Å². The molecule has 2 aromatic heterocycles. The van der Waals surface area contributed by atoms with Crippen LogP contribution in [0.3, 0.4) is 0 Å². The van der Waals surface area contributed by atoms with Gasteiger partial charge in [0.2, 0.25) is 0 Å². The Hall–Kier alpha value is -3.28. The summed E-state index contributed by atoms with van der Waals surface area (Å²) in [7, 11) is 0. The number of hydrogen-bond acceptors (Lipinski definition) is 6. The fourth-order valence-electron chi connectivity index (χ4n) is 2.49. The van der Waals surface area contributed by atoms with E-state index in [9.17, 15) is 0 Å². The van der Waals surface area contributed by atoms with Gasteiger partial charge in [-0.05, 0) is 24.3 Å². The van der Waals surface area contributed by atoms with Gasteiger partial charge in [-0.25, -0.2) is 9.36 Å². The first-order chi connectivity index (χ1) is 12.9. The SMILES string of the molecule is C(#CCOCn1nnc2ccccc21)COCn1nnc2ccccc21. The summed E-state index contributed by atoms with van der Waals surface area (Å²) in [5, 5.41) is 16.2. The van der Waals surface area contributed by atoms with Gasteiger partial charge < -0.3 is 9.47 Å². The van der Waals surface area contributed by atoms with Crippen molar-refractivity contribution in [3.8, 4) is 11.8 Å². The van der Waals surface area contributed by atoms with Crippen molar-refractivity contribution in [3.05, 3.63) is 48.5 Å². The molecule has 130 valence electrons. The van der Waals surface area contributed by atoms with Crippen LogP contribution in [0.4, 0.5) is 0 Å². The number of para-hydroxylation sites is 2. The molecule has 2 heterocycles. The zero-order chi connectivity index (χ0) is 17.6. The maximum Gasteiger partial charge on any atom is 0.143 e. The van der Waals surface area contributed by atoms with E-state index in [0.717, 1.165) is 22.1 Å². The van der Waals surface area contributed by atoms with Crippen LogP contribution in [0, 0.1) is 11.8 Å². The van der Waals surface area contributed by atoms with E-state index < -0.39 is 0 Å². The number of benzene rings is 2. The molecule has 8 heteroatoms. The van der Waals surface area contributed by atoms with Gasteiger partial charge in [0.15, 0.2) is 0 Å². The van der Waals surface area contributed by atoms with Crippen molar-refractivity contribution in [1.29, 1.82) is 0 Å². The Bertz CT molecular complexity index is 991. The van der Waals surface area contributed by atoms with Gasteiger partial charge >= 0.3 is 0 Å². The summed E-state index contributed by atoms with van der Waals surface area (Å²) in [6.45, 7) is 1.20. The third-order valence-corrected chi connectivity index (χ3v) is 3.74. The highest BCUT2D eigenvalue weighted by Gasteiger charge is 2.02. The molecule has 0 aliphatic heterocycles. The molecule has 26 heavy (non-hydrogen) atoms. The normalized spacial score (nSPS) is 10.9. The molecule has 0 atom stereocenters. The topological polar surface area (TPSA) is 79.9 Å². The maximum atomic E-state index is 5.50. The molecule has 0 aliphatic carbocycles. The Morgan fingerprint density at radius 3 is 1.65 bits per heavy atom. The molecule has 8 nitrogen and oxygen atoms in total. The highest BCUT2D eigenvalue weighted by Crippen LogP contribution is 2.10. The smallest absolute Gasteiger partial charge is 0.143 e. The second-order valence-electron chi connectivity index (χ2n) is 5.46. The zero-order valence-corrected chi connectivity index (χ0v) is 13.9. The van der Waals surface area contributed by atoms with Crippen molar-refractivity contribution in [2.75, 3.05) is 13.2 Å². The summed E-state index contributed by atoms with van der Waals surface area (Å²) < 4.78 is 14.4. The van der Waals surface area contributed by atoms with Gasteiger partial charge in [-0.3, -0.25) is 0 Å². The van der Waals surface area contributed by atoms with Crippen molar-refractivity contribution in [3.63, 3.8) is 0 Å². The lowest BCUT2D eigenvalue weighted by molar-refractivity contribution is 0.0923. The standard InChI is InChI=1S/C18H16N6O2/c1-3-9-17-15(7-1)19-21-23(17)13-25-11-5-6-12-26-14-24-18-10-4-2-8-16(18)20-22-24/h1-4,7-10H,11-14H2. The van der Waals surface area contributed by atoms with Gasteiger partial charge in [0, 0.05) is 0 Å². The average molecular weight is 348 g/mol. The summed E-state index contributed by atoms with van der Waals surface area (Å²) >= 11 is 0. The van der Waals surface area contributed by atoms with Crippen LogP contribution in [0.2, 0.25) is 0 Å². The van der Waals surface area contributed by atoms with Crippen LogP contribution >= 0.6 is 0 Å². The van der Waals surface area contributed by atoms with Crippen molar-refractivity contribution in [2.45, 2.75) is 13.5 Å². The van der Waals surface area contributed by atoms with Crippen LogP contribution in [0.5, 0.6) is 0 Å². The number of ether oxygens (including phenoxy) is 2. The van der Waals surface area contributed by atoms with E-state index in [1.165, 1.54) is 0 Å². The highest BCUT2D eigenvalue weighted by molar-refractivity contribution is 5.74. The van der Waals surface area contributed by atoms with Crippen LogP contribution in [-0.4, -0.2) is 43.2 Å². The average Bonchev–Trinajstić information content (AvgIpc) is 3.28. The fraction of sp³-hybridized carbons (Fsp3) is 0.222. The first kappa shape index (κ1) is 16.2. The maximum absolute atomic E-state index is 5.50. The quantitative estimate of drug-likeness (QED) is 0.391. The molecule has 0 amide bonds. The minimum atomic E-state index is 0.295. The Morgan fingerprint density at radius 1 is 0.692 bits per heavy atom. The molecule has 4 aromatic rings. The number of fused-ring (bicyclic) bond motifs is 2. The Balaban J connectivity index is 1.20. The van der Waals surface area contributed by atoms with Crippen LogP contribution < -0.4 is 0 Å². The number of aromatic nitrogens is 6. The lowest BCUT2D eigenvalue weighted by Gasteiger charge is -2.01. The van der Waals surface area contributed by atoms with Crippen molar-refractivity contribution >= 4 is 22.1 Å². The Labute approximate surface area is 149 Å². The number of nitrogens with zero attached hydrogens (tertiary/aromatic N) is 6. The monoisotopic (exact) mass is 348 g/mol. The molecule has 0 radical (unpaired) electrons. The summed E-state index contributed by atoms with van der Waals surface area (Å²) in [4.78, 5) is 0. The first-order valence-corrected chi connectivity index (χ1v) is 8.09. The van der Waals surface area contributed by atoms with Gasteiger partial charge in [0.25, 0.3) is 0 Å². The van der Waals surface area contributed by atoms with E-state index in [-0.39, 0.29) is 0 Å². The zero-order valence-electron chi connectivity index (χ0n) is 13.9. The van der Waals surface area contributed by atoms with Gasteiger partial charge in [0.1, 0.15) is 37.7 Å². The van der Waals surface area contributed by atoms with E-state index in [2.05, 4.69) is 32.5 Å². The molecule has 0 unspecified atom stereocenters. The molecular formula is C18H16N6O2. The molecule has 0 bridgehead atoms. The molecule has 0 N–H and O–H groups in total. The van der Waals surface area contributed by atoms with Crippen LogP contribution in [0.1, 0.15) is 0 Å². The molecule has 0 fully saturated rings. The fourth-order valence-corrected chi connectivity index (χ4v) is 2.49. The minimum absolute atomic E-state index is 0.295. The minimum Gasteiger partial charge on any atom is -0.346 e. The van der Waals surface area contributed by atoms with Gasteiger partial charge in [0.05, 0.1) is 11.0 Å². The van der Waals surface area contributed by atoms with Crippen molar-refractivity contribution < 1.29 is 9.47 Å². The molecule has 0 saturated heterocycles. The van der Waals surface area contributed by atoms with E-state index in [1.807, 2.05) is 48.5 Å². The molecule has 0 saturated carbocycles. The third kappa shape index (κ3) is 3.54. The number of rotatable bonds is 6. The van der Waals surface area contributed by atoms with Gasteiger partial charge in [-0.1, -0.05) is 46.5 Å². The van der Waals surface area contributed by atoms with Crippen molar-refractivity contribution in [1.82, 2.24) is 30.0 Å². The predicted molar refractivity (Wildman–Crippen MR) is 94.7 cm³/mol. The second-order valence-corrected chi connectivity index (χ2v) is 5.46. The largest absolute Gasteiger partial charge is 0.346 e. The van der Waals surface area contributed by atoms with Crippen LogP contribution in [0.15, 0.2) is 48.5 Å². The lowest BCUT2D eigenvalue weighted by atomic mass is 10.3. The predicted octanol–water partition coefficient (Wildman–Crippen LogP) is 1.83. The molecular weight excluding hydrogens is 332 g/mol. The Morgan fingerprint density at radius 2 is 1.15 bits per heavy atom. The molecule has 0 spiro atoms. The molecule has 2 aromatic carbocycles. The first-order valence-electron chi connectivity index (χ1n) is 8.09. The summed E-state index contributed by atoms with van der Waals surface area (Å²) in [5.41, 5.74) is 3.56. The van der Waals surface area contributed by atoms with Crippen LogP contribution in [-0.2, 0) is 22.9 Å². The molecule has 0 aliphatic rings. The van der Waals surface area contributed by atoms with E-state index in [1.54, 1.807) is 9.36 Å². The van der Waals surface area contributed by atoms with Gasteiger partial charge in [-0.15, -0.1) is 10.2 Å². The summed E-state index contributed by atoms with van der Waals surface area (Å²) in [5.74, 6) is 5.82. The summed E-state index contributed by atoms with van der Waals surface area (Å²) in [6.07, 6.45) is 0. The Kier molecular flexibility index (Phi) is 4.82. The highest BCUT2D eigenvalue weighted by atomic mass is 16.5. The van der Waals surface area contributed by atoms with Crippen molar-refractivity contribution in [2.24, 2.45) is 0 Å². The summed E-state index contributed by atoms with van der Waals surface area (Å²) in [6, 6.07) is 15.5. The second kappa shape index (κ2) is 7.74. The lowest BCUT2D eigenvalue weighted by Crippen LogP contribution is -2.05. The van der Waals surface area contributed by atoms with E-state index >= 15 is 0 Å². The third-order valence-electron chi connectivity index (χ3n) is 3.74.